The lowest BCUT2D eigenvalue weighted by Gasteiger charge is -2.08. The average Bonchev–Trinajstić information content (AvgIpc) is 2.42. The SMILES string of the molecule is O=C(Nc1cccc(O)c1)C(=O)Nc1c(F)cc(F)cc1F. The fourth-order valence-electron chi connectivity index (χ4n) is 1.60. The van der Waals surface area contributed by atoms with Gasteiger partial charge in [-0.1, -0.05) is 6.07 Å². The Hall–Kier alpha value is -3.03. The summed E-state index contributed by atoms with van der Waals surface area (Å²) in [5.41, 5.74) is -0.822. The molecule has 2 amide bonds. The van der Waals surface area contributed by atoms with Crippen LogP contribution < -0.4 is 10.6 Å². The van der Waals surface area contributed by atoms with Crippen molar-refractivity contribution in [2.45, 2.75) is 0 Å². The third kappa shape index (κ3) is 3.54. The zero-order chi connectivity index (χ0) is 16.3. The quantitative estimate of drug-likeness (QED) is 0.745. The van der Waals surface area contributed by atoms with E-state index >= 15 is 0 Å². The van der Waals surface area contributed by atoms with Crippen molar-refractivity contribution < 1.29 is 27.9 Å². The van der Waals surface area contributed by atoms with Crippen LogP contribution in [0.25, 0.3) is 0 Å². The summed E-state index contributed by atoms with van der Waals surface area (Å²) < 4.78 is 39.4. The predicted molar refractivity (Wildman–Crippen MR) is 71.7 cm³/mol. The van der Waals surface area contributed by atoms with Crippen LogP contribution in [0, 0.1) is 17.5 Å². The summed E-state index contributed by atoms with van der Waals surface area (Å²) >= 11 is 0. The van der Waals surface area contributed by atoms with Gasteiger partial charge in [0.2, 0.25) is 0 Å². The van der Waals surface area contributed by atoms with Crippen LogP contribution in [0.5, 0.6) is 5.75 Å². The lowest BCUT2D eigenvalue weighted by molar-refractivity contribution is -0.133. The van der Waals surface area contributed by atoms with Crippen LogP contribution in [-0.4, -0.2) is 16.9 Å². The molecule has 0 aliphatic carbocycles. The van der Waals surface area contributed by atoms with Gasteiger partial charge in [0.15, 0.2) is 11.6 Å². The van der Waals surface area contributed by atoms with Crippen molar-refractivity contribution >= 4 is 23.2 Å². The summed E-state index contributed by atoms with van der Waals surface area (Å²) in [7, 11) is 0. The second-order valence-corrected chi connectivity index (χ2v) is 4.20. The lowest BCUT2D eigenvalue weighted by Crippen LogP contribution is -2.29. The van der Waals surface area contributed by atoms with Gasteiger partial charge >= 0.3 is 11.8 Å². The van der Waals surface area contributed by atoms with Crippen LogP contribution in [0.3, 0.4) is 0 Å². The number of rotatable bonds is 2. The number of carbonyl (C=O) groups excluding carboxylic acids is 2. The molecule has 0 unspecified atom stereocenters. The van der Waals surface area contributed by atoms with Gasteiger partial charge in [-0.2, -0.15) is 0 Å². The molecule has 0 spiro atoms. The second-order valence-electron chi connectivity index (χ2n) is 4.20. The maximum atomic E-state index is 13.4. The minimum Gasteiger partial charge on any atom is -0.508 e. The van der Waals surface area contributed by atoms with Gasteiger partial charge in [-0.15, -0.1) is 0 Å². The summed E-state index contributed by atoms with van der Waals surface area (Å²) in [6, 6.07) is 6.06. The molecular formula is C14H9F3N2O3. The van der Waals surface area contributed by atoms with E-state index in [-0.39, 0.29) is 11.4 Å². The van der Waals surface area contributed by atoms with Gasteiger partial charge < -0.3 is 15.7 Å². The molecule has 0 atom stereocenters. The Bertz CT molecular complexity index is 727. The Morgan fingerprint density at radius 2 is 1.50 bits per heavy atom. The standard InChI is InChI=1S/C14H9F3N2O3/c15-7-4-10(16)12(11(17)5-7)19-14(22)13(21)18-8-2-1-3-9(20)6-8/h1-6,20H,(H,18,21)(H,19,22). The van der Waals surface area contributed by atoms with Crippen LogP contribution in [0.4, 0.5) is 24.5 Å². The average molecular weight is 310 g/mol. The molecule has 0 aliphatic heterocycles. The highest BCUT2D eigenvalue weighted by Crippen LogP contribution is 2.20. The van der Waals surface area contributed by atoms with Gasteiger partial charge in [-0.3, -0.25) is 9.59 Å². The number of halogens is 3. The van der Waals surface area contributed by atoms with Gasteiger partial charge in [0, 0.05) is 23.9 Å². The van der Waals surface area contributed by atoms with Crippen molar-refractivity contribution in [1.29, 1.82) is 0 Å². The minimum atomic E-state index is -1.35. The molecule has 5 nitrogen and oxygen atoms in total. The number of hydrogen-bond acceptors (Lipinski definition) is 3. The fourth-order valence-corrected chi connectivity index (χ4v) is 1.60. The summed E-state index contributed by atoms with van der Waals surface area (Å²) in [4.78, 5) is 23.2. The third-order valence-electron chi connectivity index (χ3n) is 2.56. The minimum absolute atomic E-state index is 0.111. The predicted octanol–water partition coefficient (Wildman–Crippen LogP) is 2.39. The number of phenolic OH excluding ortho intramolecular Hbond substituents is 1. The first-order valence-electron chi connectivity index (χ1n) is 5.92. The van der Waals surface area contributed by atoms with Gasteiger partial charge in [0.1, 0.15) is 17.3 Å². The molecule has 3 N–H and O–H groups in total. The molecule has 0 heterocycles. The molecule has 0 bridgehead atoms. The van der Waals surface area contributed by atoms with E-state index < -0.39 is 35.0 Å². The van der Waals surface area contributed by atoms with Gasteiger partial charge in [-0.25, -0.2) is 13.2 Å². The first-order chi connectivity index (χ1) is 10.4. The van der Waals surface area contributed by atoms with Crippen LogP contribution in [0.1, 0.15) is 0 Å². The van der Waals surface area contributed by atoms with E-state index in [4.69, 9.17) is 0 Å². The molecule has 0 radical (unpaired) electrons. The van der Waals surface area contributed by atoms with Crippen molar-refractivity contribution in [2.24, 2.45) is 0 Å². The van der Waals surface area contributed by atoms with E-state index in [0.717, 1.165) is 0 Å². The number of amides is 2. The fraction of sp³-hybridized carbons (Fsp3) is 0. The number of carbonyl (C=O) groups is 2. The Balaban J connectivity index is 2.11. The number of hydrogen-bond donors (Lipinski definition) is 3. The highest BCUT2D eigenvalue weighted by molar-refractivity contribution is 6.43. The van der Waals surface area contributed by atoms with Crippen LogP contribution in [0.2, 0.25) is 0 Å². The highest BCUT2D eigenvalue weighted by atomic mass is 19.1. The van der Waals surface area contributed by atoms with E-state index in [1.165, 1.54) is 24.3 Å². The smallest absolute Gasteiger partial charge is 0.314 e. The summed E-state index contributed by atoms with van der Waals surface area (Å²) in [6.45, 7) is 0. The first-order valence-corrected chi connectivity index (χ1v) is 5.92. The Labute approximate surface area is 122 Å². The molecule has 114 valence electrons. The van der Waals surface area contributed by atoms with Crippen molar-refractivity contribution in [3.05, 3.63) is 53.8 Å². The molecular weight excluding hydrogens is 301 g/mol. The monoisotopic (exact) mass is 310 g/mol. The molecule has 0 saturated heterocycles. The highest BCUT2D eigenvalue weighted by Gasteiger charge is 2.19. The van der Waals surface area contributed by atoms with Crippen molar-refractivity contribution in [1.82, 2.24) is 0 Å². The van der Waals surface area contributed by atoms with E-state index in [1.807, 2.05) is 0 Å². The van der Waals surface area contributed by atoms with Crippen LogP contribution >= 0.6 is 0 Å². The van der Waals surface area contributed by atoms with E-state index in [0.29, 0.717) is 12.1 Å². The van der Waals surface area contributed by atoms with Gasteiger partial charge in [0.05, 0.1) is 0 Å². The molecule has 0 saturated carbocycles. The molecule has 8 heteroatoms. The molecule has 2 aromatic rings. The first kappa shape index (κ1) is 15.4. The van der Waals surface area contributed by atoms with E-state index in [2.05, 4.69) is 5.32 Å². The second kappa shape index (κ2) is 6.17. The summed E-state index contributed by atoms with van der Waals surface area (Å²) in [6.07, 6.45) is 0. The number of benzene rings is 2. The number of anilines is 2. The van der Waals surface area contributed by atoms with Crippen LogP contribution in [0.15, 0.2) is 36.4 Å². The summed E-state index contributed by atoms with van der Waals surface area (Å²) in [5.74, 6) is -6.57. The van der Waals surface area contributed by atoms with Crippen molar-refractivity contribution in [3.63, 3.8) is 0 Å². The number of phenols is 1. The molecule has 0 aromatic heterocycles. The molecule has 22 heavy (non-hydrogen) atoms. The van der Waals surface area contributed by atoms with E-state index in [1.54, 1.807) is 5.32 Å². The van der Waals surface area contributed by atoms with Crippen LogP contribution in [-0.2, 0) is 9.59 Å². The largest absolute Gasteiger partial charge is 0.508 e. The number of aromatic hydroxyl groups is 1. The van der Waals surface area contributed by atoms with Gasteiger partial charge in [-0.05, 0) is 12.1 Å². The topological polar surface area (TPSA) is 78.4 Å². The Kier molecular flexibility index (Phi) is 4.31. The zero-order valence-electron chi connectivity index (χ0n) is 10.9. The maximum absolute atomic E-state index is 13.4. The maximum Gasteiger partial charge on any atom is 0.314 e. The Morgan fingerprint density at radius 1 is 0.909 bits per heavy atom. The third-order valence-corrected chi connectivity index (χ3v) is 2.56. The Morgan fingerprint density at radius 3 is 2.09 bits per heavy atom. The van der Waals surface area contributed by atoms with Crippen molar-refractivity contribution in [2.75, 3.05) is 10.6 Å². The zero-order valence-corrected chi connectivity index (χ0v) is 10.9. The van der Waals surface area contributed by atoms with Gasteiger partial charge in [0.25, 0.3) is 0 Å². The van der Waals surface area contributed by atoms with E-state index in [9.17, 15) is 27.9 Å². The number of nitrogens with one attached hydrogen (secondary N) is 2. The molecule has 2 aromatic carbocycles. The van der Waals surface area contributed by atoms with Crippen molar-refractivity contribution in [3.8, 4) is 5.75 Å². The molecule has 0 aliphatic rings. The lowest BCUT2D eigenvalue weighted by atomic mass is 10.2. The molecule has 0 fully saturated rings. The molecule has 2 rings (SSSR count). The normalized spacial score (nSPS) is 10.1. The summed E-state index contributed by atoms with van der Waals surface area (Å²) in [5, 5.41) is 13.0.